The SMILES string of the molecule is CC1CCN(C(=O)c2ccc3c(c2)S(=O)(=O)N(C2CC2)C3=O)C(CN)C1. The summed E-state index contributed by atoms with van der Waals surface area (Å²) in [6.45, 7) is 3.14. The zero-order valence-electron chi connectivity index (χ0n) is 14.7. The van der Waals surface area contributed by atoms with Crippen LogP contribution in [0, 0.1) is 5.92 Å². The molecule has 2 amide bonds. The highest BCUT2D eigenvalue weighted by atomic mass is 32.2. The molecule has 2 fully saturated rings. The van der Waals surface area contributed by atoms with Gasteiger partial charge in [0, 0.05) is 30.7 Å². The van der Waals surface area contributed by atoms with Gasteiger partial charge in [0.2, 0.25) is 0 Å². The van der Waals surface area contributed by atoms with E-state index in [0.29, 0.717) is 37.4 Å². The minimum absolute atomic E-state index is 0.0410. The lowest BCUT2D eigenvalue weighted by Gasteiger charge is -2.38. The first-order chi connectivity index (χ1) is 12.3. The number of rotatable bonds is 3. The zero-order chi connectivity index (χ0) is 18.6. The predicted octanol–water partition coefficient (Wildman–Crippen LogP) is 1.19. The van der Waals surface area contributed by atoms with Crippen LogP contribution in [0.2, 0.25) is 0 Å². The van der Waals surface area contributed by atoms with E-state index in [2.05, 4.69) is 6.92 Å². The van der Waals surface area contributed by atoms with Gasteiger partial charge in [0.15, 0.2) is 0 Å². The first-order valence-electron chi connectivity index (χ1n) is 9.08. The Morgan fingerprint density at radius 3 is 2.65 bits per heavy atom. The summed E-state index contributed by atoms with van der Waals surface area (Å²) in [5.74, 6) is -0.187. The molecule has 26 heavy (non-hydrogen) atoms. The van der Waals surface area contributed by atoms with E-state index < -0.39 is 15.9 Å². The van der Waals surface area contributed by atoms with Crippen molar-refractivity contribution in [1.29, 1.82) is 0 Å². The molecule has 4 rings (SSSR count). The Labute approximate surface area is 153 Å². The summed E-state index contributed by atoms with van der Waals surface area (Å²) >= 11 is 0. The molecule has 0 aromatic heterocycles. The van der Waals surface area contributed by atoms with E-state index >= 15 is 0 Å². The number of carbonyl (C=O) groups is 2. The smallest absolute Gasteiger partial charge is 0.269 e. The lowest BCUT2D eigenvalue weighted by molar-refractivity contribution is 0.0573. The van der Waals surface area contributed by atoms with Crippen molar-refractivity contribution in [2.24, 2.45) is 11.7 Å². The fraction of sp³-hybridized carbons (Fsp3) is 0.556. The molecule has 2 aliphatic heterocycles. The molecule has 2 N–H and O–H groups in total. The first-order valence-corrected chi connectivity index (χ1v) is 10.5. The lowest BCUT2D eigenvalue weighted by Crippen LogP contribution is -2.49. The maximum atomic E-state index is 13.0. The van der Waals surface area contributed by atoms with Gasteiger partial charge in [-0.2, -0.15) is 0 Å². The number of carbonyl (C=O) groups excluding carboxylic acids is 2. The molecule has 3 aliphatic rings. The number of sulfonamides is 1. The molecular weight excluding hydrogens is 354 g/mol. The monoisotopic (exact) mass is 377 g/mol. The molecule has 0 bridgehead atoms. The molecule has 0 spiro atoms. The summed E-state index contributed by atoms with van der Waals surface area (Å²) in [5.41, 5.74) is 6.30. The Hall–Kier alpha value is -1.93. The van der Waals surface area contributed by atoms with Gasteiger partial charge in [0.1, 0.15) is 4.90 Å². The topological polar surface area (TPSA) is 101 Å². The van der Waals surface area contributed by atoms with Gasteiger partial charge in [0.25, 0.3) is 21.8 Å². The van der Waals surface area contributed by atoms with E-state index in [1.165, 1.54) is 12.1 Å². The largest absolute Gasteiger partial charge is 0.334 e. The van der Waals surface area contributed by atoms with Gasteiger partial charge >= 0.3 is 0 Å². The van der Waals surface area contributed by atoms with E-state index in [4.69, 9.17) is 5.73 Å². The van der Waals surface area contributed by atoms with Crippen molar-refractivity contribution in [2.45, 2.75) is 49.6 Å². The van der Waals surface area contributed by atoms with E-state index in [1.807, 2.05) is 0 Å². The molecule has 2 atom stereocenters. The van der Waals surface area contributed by atoms with Crippen LogP contribution >= 0.6 is 0 Å². The second-order valence-electron chi connectivity index (χ2n) is 7.57. The Morgan fingerprint density at radius 2 is 2.00 bits per heavy atom. The van der Waals surface area contributed by atoms with Crippen molar-refractivity contribution < 1.29 is 18.0 Å². The summed E-state index contributed by atoms with van der Waals surface area (Å²) in [6, 6.07) is 4.11. The molecule has 1 saturated carbocycles. The Balaban J connectivity index is 1.67. The molecule has 1 aromatic rings. The number of amides is 2. The molecule has 1 saturated heterocycles. The third-order valence-electron chi connectivity index (χ3n) is 5.59. The number of hydrogen-bond donors (Lipinski definition) is 1. The Morgan fingerprint density at radius 1 is 1.27 bits per heavy atom. The van der Waals surface area contributed by atoms with E-state index in [-0.39, 0.29) is 28.4 Å². The van der Waals surface area contributed by atoms with Crippen LogP contribution in [-0.2, 0) is 10.0 Å². The van der Waals surface area contributed by atoms with Crippen molar-refractivity contribution >= 4 is 21.8 Å². The third kappa shape index (κ3) is 2.63. The maximum absolute atomic E-state index is 13.0. The molecule has 0 radical (unpaired) electrons. The molecule has 2 unspecified atom stereocenters. The molecule has 2 heterocycles. The molecule has 8 heteroatoms. The number of piperidine rings is 1. The van der Waals surface area contributed by atoms with Crippen LogP contribution in [0.1, 0.15) is 53.3 Å². The van der Waals surface area contributed by atoms with Crippen LogP contribution in [0.5, 0.6) is 0 Å². The van der Waals surface area contributed by atoms with Gasteiger partial charge in [-0.3, -0.25) is 9.59 Å². The second kappa shape index (κ2) is 6.06. The van der Waals surface area contributed by atoms with Crippen molar-refractivity contribution in [2.75, 3.05) is 13.1 Å². The zero-order valence-corrected chi connectivity index (χ0v) is 15.5. The molecule has 1 aromatic carbocycles. The van der Waals surface area contributed by atoms with Gasteiger partial charge in [0.05, 0.1) is 5.56 Å². The van der Waals surface area contributed by atoms with Crippen LogP contribution in [0.25, 0.3) is 0 Å². The van der Waals surface area contributed by atoms with Crippen LogP contribution in [0.15, 0.2) is 23.1 Å². The number of benzene rings is 1. The number of fused-ring (bicyclic) bond motifs is 1. The van der Waals surface area contributed by atoms with Crippen LogP contribution < -0.4 is 5.73 Å². The normalized spacial score (nSPS) is 27.5. The summed E-state index contributed by atoms with van der Waals surface area (Å²) in [7, 11) is -3.86. The second-order valence-corrected chi connectivity index (χ2v) is 9.35. The highest BCUT2D eigenvalue weighted by Gasteiger charge is 2.49. The fourth-order valence-electron chi connectivity index (χ4n) is 3.96. The van der Waals surface area contributed by atoms with Crippen molar-refractivity contribution in [1.82, 2.24) is 9.21 Å². The first kappa shape index (κ1) is 17.5. The standard InChI is InChI=1S/C18H23N3O4S/c1-11-6-7-20(14(8-11)10-19)17(22)12-2-5-15-16(9-12)26(24,25)21(18(15)23)13-3-4-13/h2,5,9,11,13-14H,3-4,6-8,10,19H2,1H3. The molecule has 7 nitrogen and oxygen atoms in total. The van der Waals surface area contributed by atoms with E-state index in [9.17, 15) is 18.0 Å². The van der Waals surface area contributed by atoms with Gasteiger partial charge in [-0.05, 0) is 49.8 Å². The third-order valence-corrected chi connectivity index (χ3v) is 7.46. The highest BCUT2D eigenvalue weighted by Crippen LogP contribution is 2.40. The van der Waals surface area contributed by atoms with Gasteiger partial charge in [-0.15, -0.1) is 0 Å². The number of nitrogens with zero attached hydrogens (tertiary/aromatic N) is 2. The van der Waals surface area contributed by atoms with Gasteiger partial charge in [-0.1, -0.05) is 6.92 Å². The van der Waals surface area contributed by atoms with E-state index in [0.717, 1.165) is 17.1 Å². The Bertz CT molecular complexity index is 878. The van der Waals surface area contributed by atoms with Crippen molar-refractivity contribution in [3.63, 3.8) is 0 Å². The maximum Gasteiger partial charge on any atom is 0.269 e. The van der Waals surface area contributed by atoms with Crippen LogP contribution in [0.3, 0.4) is 0 Å². The summed E-state index contributed by atoms with van der Waals surface area (Å²) in [4.78, 5) is 27.1. The lowest BCUT2D eigenvalue weighted by atomic mass is 9.92. The summed E-state index contributed by atoms with van der Waals surface area (Å²) < 4.78 is 26.5. The fourth-order valence-corrected chi connectivity index (χ4v) is 5.80. The predicted molar refractivity (Wildman–Crippen MR) is 95.1 cm³/mol. The highest BCUT2D eigenvalue weighted by molar-refractivity contribution is 7.90. The number of nitrogens with two attached hydrogens (primary N) is 1. The average Bonchev–Trinajstić information content (AvgIpc) is 3.42. The van der Waals surface area contributed by atoms with Gasteiger partial charge < -0.3 is 10.6 Å². The Kier molecular flexibility index (Phi) is 4.07. The summed E-state index contributed by atoms with van der Waals surface area (Å²) in [6.07, 6.45) is 3.16. The average molecular weight is 377 g/mol. The van der Waals surface area contributed by atoms with E-state index in [1.54, 1.807) is 11.0 Å². The number of likely N-dealkylation sites (tertiary alicyclic amines) is 1. The minimum Gasteiger partial charge on any atom is -0.334 e. The van der Waals surface area contributed by atoms with Crippen LogP contribution in [-0.4, -0.2) is 54.6 Å². The molecule has 1 aliphatic carbocycles. The van der Waals surface area contributed by atoms with Crippen molar-refractivity contribution in [3.05, 3.63) is 29.3 Å². The van der Waals surface area contributed by atoms with Crippen molar-refractivity contribution in [3.8, 4) is 0 Å². The van der Waals surface area contributed by atoms with Gasteiger partial charge in [-0.25, -0.2) is 12.7 Å². The minimum atomic E-state index is -3.86. The van der Waals surface area contributed by atoms with Crippen LogP contribution in [0.4, 0.5) is 0 Å². The number of hydrogen-bond acceptors (Lipinski definition) is 5. The summed E-state index contributed by atoms with van der Waals surface area (Å²) in [5, 5.41) is 0. The molecule has 140 valence electrons. The molecular formula is C18H23N3O4S. The quantitative estimate of drug-likeness (QED) is 0.853.